The van der Waals surface area contributed by atoms with Crippen LogP contribution in [0.15, 0.2) is 42.5 Å². The fraction of sp³-hybridized carbons (Fsp3) is 0.304. The van der Waals surface area contributed by atoms with E-state index in [0.717, 1.165) is 30.1 Å². The number of benzene rings is 2. The van der Waals surface area contributed by atoms with E-state index < -0.39 is 5.91 Å². The zero-order chi connectivity index (χ0) is 21.8. The molecule has 2 aliphatic rings. The van der Waals surface area contributed by atoms with Crippen LogP contribution in [-0.2, 0) is 11.3 Å². The van der Waals surface area contributed by atoms with Crippen LogP contribution in [0, 0.1) is 11.3 Å². The fourth-order valence-electron chi connectivity index (χ4n) is 3.70. The predicted octanol–water partition coefficient (Wildman–Crippen LogP) is 1.84. The van der Waals surface area contributed by atoms with Crippen LogP contribution in [0.3, 0.4) is 0 Å². The number of ether oxygens (including phenoxy) is 1. The van der Waals surface area contributed by atoms with Gasteiger partial charge in [0.1, 0.15) is 0 Å². The van der Waals surface area contributed by atoms with Gasteiger partial charge in [0.15, 0.2) is 0 Å². The topological polar surface area (TPSA) is 103 Å². The van der Waals surface area contributed by atoms with Crippen molar-refractivity contribution >= 4 is 30.1 Å². The van der Waals surface area contributed by atoms with Crippen molar-refractivity contribution in [1.29, 1.82) is 5.26 Å². The van der Waals surface area contributed by atoms with Gasteiger partial charge in [0, 0.05) is 31.7 Å². The highest BCUT2D eigenvalue weighted by atomic mass is 35.5. The van der Waals surface area contributed by atoms with Gasteiger partial charge in [-0.15, -0.1) is 12.4 Å². The Morgan fingerprint density at radius 3 is 2.41 bits per heavy atom. The van der Waals surface area contributed by atoms with Crippen molar-refractivity contribution < 1.29 is 19.1 Å². The molecule has 0 bridgehead atoms. The first-order chi connectivity index (χ1) is 15.1. The average Bonchev–Trinajstić information content (AvgIpc) is 3.04. The molecule has 0 spiro atoms. The van der Waals surface area contributed by atoms with Crippen molar-refractivity contribution in [3.05, 3.63) is 70.3 Å². The molecule has 2 aromatic carbocycles. The minimum Gasteiger partial charge on any atom is -0.379 e. The molecule has 32 heavy (non-hydrogen) atoms. The first-order valence-corrected chi connectivity index (χ1v) is 10.1. The zero-order valence-corrected chi connectivity index (χ0v) is 18.2. The van der Waals surface area contributed by atoms with Crippen molar-refractivity contribution in [3.63, 3.8) is 0 Å². The van der Waals surface area contributed by atoms with Gasteiger partial charge in [0.05, 0.1) is 42.5 Å². The molecule has 9 heteroatoms. The van der Waals surface area contributed by atoms with E-state index in [0.29, 0.717) is 36.4 Å². The Kier molecular flexibility index (Phi) is 7.59. The third-order valence-electron chi connectivity index (χ3n) is 5.47. The van der Waals surface area contributed by atoms with Crippen LogP contribution in [0.25, 0.3) is 0 Å². The van der Waals surface area contributed by atoms with Crippen molar-refractivity contribution in [2.45, 2.75) is 6.54 Å². The number of imide groups is 1. The number of amides is 3. The summed E-state index contributed by atoms with van der Waals surface area (Å²) in [5, 5.41) is 11.8. The van der Waals surface area contributed by atoms with E-state index in [2.05, 4.69) is 10.2 Å². The maximum Gasteiger partial charge on any atom is 0.261 e. The molecule has 0 aromatic heterocycles. The number of fused-ring (bicyclic) bond motifs is 1. The van der Waals surface area contributed by atoms with Gasteiger partial charge >= 0.3 is 0 Å². The second-order valence-electron chi connectivity index (χ2n) is 7.48. The highest BCUT2D eigenvalue weighted by molar-refractivity contribution is 6.22. The molecule has 2 heterocycles. The molecule has 4 rings (SSSR count). The number of hydrogen-bond acceptors (Lipinski definition) is 6. The molecule has 0 aliphatic carbocycles. The molecule has 0 saturated carbocycles. The molecule has 0 unspecified atom stereocenters. The fourth-order valence-corrected chi connectivity index (χ4v) is 3.70. The van der Waals surface area contributed by atoms with E-state index in [-0.39, 0.29) is 36.3 Å². The van der Waals surface area contributed by atoms with Gasteiger partial charge in [-0.2, -0.15) is 5.26 Å². The molecule has 2 aromatic rings. The van der Waals surface area contributed by atoms with E-state index >= 15 is 0 Å². The first kappa shape index (κ1) is 23.4. The number of carbonyl (C=O) groups excluding carboxylic acids is 3. The molecule has 1 saturated heterocycles. The van der Waals surface area contributed by atoms with Gasteiger partial charge in [-0.25, -0.2) is 0 Å². The molecule has 0 atom stereocenters. The maximum absolute atomic E-state index is 12.8. The monoisotopic (exact) mass is 454 g/mol. The number of nitrogens with zero attached hydrogens (tertiary/aromatic N) is 3. The van der Waals surface area contributed by atoms with Crippen LogP contribution in [0.1, 0.15) is 42.2 Å². The summed E-state index contributed by atoms with van der Waals surface area (Å²) in [6, 6.07) is 13.3. The smallest absolute Gasteiger partial charge is 0.261 e. The molecule has 0 radical (unpaired) electrons. The van der Waals surface area contributed by atoms with Crippen LogP contribution < -0.4 is 5.32 Å². The standard InChI is InChI=1S/C23H22N4O4.ClH/c24-14-16-1-3-17(4-2-16)15-27-22(29)19-6-5-18(13-20(19)23(27)30)21(28)25-7-8-26-9-11-31-12-10-26;/h1-6,13H,7-12,15H2,(H,25,28);1H. The minimum absolute atomic E-state index is 0. The zero-order valence-electron chi connectivity index (χ0n) is 17.4. The van der Waals surface area contributed by atoms with Crippen LogP contribution in [0.5, 0.6) is 0 Å². The lowest BCUT2D eigenvalue weighted by Gasteiger charge is -2.26. The first-order valence-electron chi connectivity index (χ1n) is 10.1. The van der Waals surface area contributed by atoms with E-state index in [4.69, 9.17) is 10.00 Å². The summed E-state index contributed by atoms with van der Waals surface area (Å²) < 4.78 is 5.31. The number of morpholine rings is 1. The largest absolute Gasteiger partial charge is 0.379 e. The third-order valence-corrected chi connectivity index (χ3v) is 5.47. The maximum atomic E-state index is 12.8. The summed E-state index contributed by atoms with van der Waals surface area (Å²) >= 11 is 0. The number of nitriles is 1. The van der Waals surface area contributed by atoms with Crippen LogP contribution in [-0.4, -0.2) is 66.9 Å². The molecular formula is C23H23ClN4O4. The normalized spacial score (nSPS) is 15.7. The molecule has 3 amide bonds. The van der Waals surface area contributed by atoms with Crippen LogP contribution >= 0.6 is 12.4 Å². The van der Waals surface area contributed by atoms with Crippen molar-refractivity contribution in [3.8, 4) is 6.07 Å². The second kappa shape index (κ2) is 10.4. The SMILES string of the molecule is Cl.N#Cc1ccc(CN2C(=O)c3ccc(C(=O)NCCN4CCOCC4)cc3C2=O)cc1. The van der Waals surface area contributed by atoms with Crippen molar-refractivity contribution in [2.24, 2.45) is 0 Å². The number of carbonyl (C=O) groups is 3. The lowest BCUT2D eigenvalue weighted by Crippen LogP contribution is -2.41. The molecule has 8 nitrogen and oxygen atoms in total. The Labute approximate surface area is 192 Å². The Morgan fingerprint density at radius 1 is 1.03 bits per heavy atom. The van der Waals surface area contributed by atoms with Gasteiger partial charge in [0.2, 0.25) is 0 Å². The van der Waals surface area contributed by atoms with Crippen molar-refractivity contribution in [1.82, 2.24) is 15.1 Å². The van der Waals surface area contributed by atoms with E-state index in [1.54, 1.807) is 30.3 Å². The summed E-state index contributed by atoms with van der Waals surface area (Å²) in [5.74, 6) is -1.09. The van der Waals surface area contributed by atoms with Crippen molar-refractivity contribution in [2.75, 3.05) is 39.4 Å². The lowest BCUT2D eigenvalue weighted by atomic mass is 10.1. The molecule has 2 aliphatic heterocycles. The molecular weight excluding hydrogens is 432 g/mol. The minimum atomic E-state index is -0.424. The summed E-state index contributed by atoms with van der Waals surface area (Å²) in [6.07, 6.45) is 0. The second-order valence-corrected chi connectivity index (χ2v) is 7.48. The Morgan fingerprint density at radius 2 is 1.72 bits per heavy atom. The third kappa shape index (κ3) is 4.97. The summed E-state index contributed by atoms with van der Waals surface area (Å²) in [6.45, 7) is 4.44. The van der Waals surface area contributed by atoms with E-state index in [9.17, 15) is 14.4 Å². The van der Waals surface area contributed by atoms with E-state index in [1.807, 2.05) is 6.07 Å². The van der Waals surface area contributed by atoms with Crippen LogP contribution in [0.4, 0.5) is 0 Å². The number of halogens is 1. The molecule has 1 fully saturated rings. The highest BCUT2D eigenvalue weighted by Gasteiger charge is 2.36. The lowest BCUT2D eigenvalue weighted by molar-refractivity contribution is 0.0383. The number of rotatable bonds is 6. The Hall–Kier alpha value is -3.25. The van der Waals surface area contributed by atoms with Gasteiger partial charge in [-0.05, 0) is 35.9 Å². The summed E-state index contributed by atoms with van der Waals surface area (Å²) in [5.41, 5.74) is 2.13. The quantitative estimate of drug-likeness (QED) is 0.668. The van der Waals surface area contributed by atoms with Gasteiger partial charge in [0.25, 0.3) is 17.7 Å². The predicted molar refractivity (Wildman–Crippen MR) is 119 cm³/mol. The number of nitrogens with one attached hydrogen (secondary N) is 1. The highest BCUT2D eigenvalue weighted by Crippen LogP contribution is 2.25. The van der Waals surface area contributed by atoms with Gasteiger partial charge in [-0.1, -0.05) is 12.1 Å². The average molecular weight is 455 g/mol. The van der Waals surface area contributed by atoms with E-state index in [1.165, 1.54) is 12.1 Å². The summed E-state index contributed by atoms with van der Waals surface area (Å²) in [7, 11) is 0. The van der Waals surface area contributed by atoms with Gasteiger partial charge in [-0.3, -0.25) is 24.2 Å². The van der Waals surface area contributed by atoms with Gasteiger partial charge < -0.3 is 10.1 Å². The number of hydrogen-bond donors (Lipinski definition) is 1. The Balaban J connectivity index is 0.00000289. The molecule has 1 N–H and O–H groups in total. The van der Waals surface area contributed by atoms with Crippen LogP contribution in [0.2, 0.25) is 0 Å². The molecule has 166 valence electrons. The summed E-state index contributed by atoms with van der Waals surface area (Å²) in [4.78, 5) is 41.4. The Bertz CT molecular complexity index is 1060.